The smallest absolute Gasteiger partial charge is 0.252 e. The van der Waals surface area contributed by atoms with Gasteiger partial charge in [-0.05, 0) is 6.92 Å². The van der Waals surface area contributed by atoms with E-state index in [4.69, 9.17) is 0 Å². The van der Waals surface area contributed by atoms with Crippen LogP contribution in [0.3, 0.4) is 0 Å². The largest absolute Gasteiger partial charge is 0.314 e. The average Bonchev–Trinajstić information content (AvgIpc) is 2.70. The number of hydrogen-bond donors (Lipinski definition) is 1. The van der Waals surface area contributed by atoms with Crippen LogP contribution in [0.5, 0.6) is 0 Å². The Bertz CT molecular complexity index is 514. The second-order valence-electron chi connectivity index (χ2n) is 4.39. The number of nitrogens with one attached hydrogen (secondary N) is 1. The van der Waals surface area contributed by atoms with E-state index in [2.05, 4.69) is 25.3 Å². The van der Waals surface area contributed by atoms with Crippen LogP contribution in [0.25, 0.3) is 5.78 Å². The lowest BCUT2D eigenvalue weighted by atomic mass is 10.3. The number of hydrogen-bond acceptors (Lipinski definition) is 5. The minimum absolute atomic E-state index is 0.673. The van der Waals surface area contributed by atoms with Gasteiger partial charge < -0.3 is 5.32 Å². The molecule has 3 rings (SSSR count). The summed E-state index contributed by atoms with van der Waals surface area (Å²) in [6.45, 7) is 7.13. The van der Waals surface area contributed by atoms with Crippen LogP contribution in [0.2, 0.25) is 0 Å². The van der Waals surface area contributed by atoms with E-state index in [9.17, 15) is 0 Å². The lowest BCUT2D eigenvalue weighted by molar-refractivity contribution is 0.232. The minimum atomic E-state index is 0.673. The van der Waals surface area contributed by atoms with Crippen LogP contribution < -0.4 is 5.32 Å². The molecule has 0 bridgehead atoms. The van der Waals surface area contributed by atoms with Crippen LogP contribution in [0.4, 0.5) is 0 Å². The van der Waals surface area contributed by atoms with Crippen LogP contribution >= 0.6 is 0 Å². The standard InChI is InChI=1S/C11H16N6/c1-9-14-11-13-6-10(8-17(11)15-9)7-16-4-2-12-3-5-16/h6,8,12H,2-5,7H2,1H3. The summed E-state index contributed by atoms with van der Waals surface area (Å²) in [4.78, 5) is 11.0. The predicted octanol–water partition coefficient (Wildman–Crippen LogP) is -0.162. The van der Waals surface area contributed by atoms with Crippen molar-refractivity contribution in [3.63, 3.8) is 0 Å². The molecule has 1 aliphatic heterocycles. The van der Waals surface area contributed by atoms with E-state index in [0.29, 0.717) is 5.78 Å². The van der Waals surface area contributed by atoms with Gasteiger partial charge in [-0.3, -0.25) is 4.90 Å². The molecular weight excluding hydrogens is 216 g/mol. The first-order valence-corrected chi connectivity index (χ1v) is 5.92. The molecule has 1 saturated heterocycles. The van der Waals surface area contributed by atoms with Gasteiger partial charge in [-0.25, -0.2) is 9.50 Å². The molecule has 0 unspecified atom stereocenters. The molecule has 0 saturated carbocycles. The normalized spacial score (nSPS) is 17.7. The number of rotatable bonds is 2. The maximum absolute atomic E-state index is 4.31. The highest BCUT2D eigenvalue weighted by molar-refractivity contribution is 5.27. The van der Waals surface area contributed by atoms with E-state index in [0.717, 1.165) is 38.5 Å². The summed E-state index contributed by atoms with van der Waals surface area (Å²) in [6.07, 6.45) is 3.91. The van der Waals surface area contributed by atoms with Crippen molar-refractivity contribution in [3.05, 3.63) is 23.8 Å². The molecule has 1 fully saturated rings. The van der Waals surface area contributed by atoms with Crippen LogP contribution in [-0.4, -0.2) is 50.7 Å². The maximum atomic E-state index is 4.31. The summed E-state index contributed by atoms with van der Waals surface area (Å²) in [5.41, 5.74) is 1.18. The van der Waals surface area contributed by atoms with E-state index >= 15 is 0 Å². The van der Waals surface area contributed by atoms with Crippen LogP contribution in [-0.2, 0) is 6.54 Å². The lowest BCUT2D eigenvalue weighted by Gasteiger charge is -2.26. The van der Waals surface area contributed by atoms with Gasteiger partial charge in [-0.15, -0.1) is 0 Å². The molecule has 6 heteroatoms. The molecule has 0 aliphatic carbocycles. The Balaban J connectivity index is 1.79. The Hall–Kier alpha value is -1.53. The van der Waals surface area contributed by atoms with Gasteiger partial charge >= 0.3 is 0 Å². The Labute approximate surface area is 99.7 Å². The molecule has 90 valence electrons. The molecule has 1 aliphatic rings. The zero-order valence-corrected chi connectivity index (χ0v) is 9.93. The van der Waals surface area contributed by atoms with E-state index in [1.807, 2.05) is 19.3 Å². The fourth-order valence-corrected chi connectivity index (χ4v) is 2.13. The van der Waals surface area contributed by atoms with Gasteiger partial charge in [-0.2, -0.15) is 10.1 Å². The molecular formula is C11H16N6. The Morgan fingerprint density at radius 2 is 2.18 bits per heavy atom. The van der Waals surface area contributed by atoms with Gasteiger partial charge in [0.15, 0.2) is 0 Å². The lowest BCUT2D eigenvalue weighted by Crippen LogP contribution is -2.42. The summed E-state index contributed by atoms with van der Waals surface area (Å²) in [5, 5.41) is 7.63. The number of nitrogens with zero attached hydrogens (tertiary/aromatic N) is 5. The zero-order chi connectivity index (χ0) is 11.7. The minimum Gasteiger partial charge on any atom is -0.314 e. The molecule has 6 nitrogen and oxygen atoms in total. The Morgan fingerprint density at radius 3 is 3.00 bits per heavy atom. The van der Waals surface area contributed by atoms with Crippen molar-refractivity contribution in [2.45, 2.75) is 13.5 Å². The first kappa shape index (κ1) is 10.6. The first-order chi connectivity index (χ1) is 8.31. The third kappa shape index (κ3) is 2.27. The second kappa shape index (κ2) is 4.38. The average molecular weight is 232 g/mol. The molecule has 2 aromatic rings. The monoisotopic (exact) mass is 232 g/mol. The van der Waals surface area contributed by atoms with Crippen molar-refractivity contribution in [2.75, 3.05) is 26.2 Å². The van der Waals surface area contributed by atoms with Crippen molar-refractivity contribution in [2.24, 2.45) is 0 Å². The number of piperazine rings is 1. The summed E-state index contributed by atoms with van der Waals surface area (Å²) in [7, 11) is 0. The molecule has 0 atom stereocenters. The summed E-state index contributed by atoms with van der Waals surface area (Å²) < 4.78 is 1.76. The van der Waals surface area contributed by atoms with Gasteiger partial charge in [0.05, 0.1) is 0 Å². The van der Waals surface area contributed by atoms with Crippen LogP contribution in [0.1, 0.15) is 11.4 Å². The number of fused-ring (bicyclic) bond motifs is 1. The predicted molar refractivity (Wildman–Crippen MR) is 63.7 cm³/mol. The Kier molecular flexibility index (Phi) is 2.74. The molecule has 3 heterocycles. The maximum Gasteiger partial charge on any atom is 0.252 e. The Morgan fingerprint density at radius 1 is 1.35 bits per heavy atom. The van der Waals surface area contributed by atoms with Crippen LogP contribution in [0, 0.1) is 6.92 Å². The third-order valence-electron chi connectivity index (χ3n) is 2.97. The second-order valence-corrected chi connectivity index (χ2v) is 4.39. The summed E-state index contributed by atoms with van der Waals surface area (Å²) in [6, 6.07) is 0. The van der Waals surface area contributed by atoms with Crippen molar-refractivity contribution >= 4 is 5.78 Å². The highest BCUT2D eigenvalue weighted by atomic mass is 15.3. The molecule has 0 aromatic carbocycles. The fourth-order valence-electron chi connectivity index (χ4n) is 2.13. The molecule has 1 N–H and O–H groups in total. The van der Waals surface area contributed by atoms with Crippen molar-refractivity contribution in [1.82, 2.24) is 29.8 Å². The first-order valence-electron chi connectivity index (χ1n) is 5.92. The highest BCUT2D eigenvalue weighted by Gasteiger charge is 2.10. The summed E-state index contributed by atoms with van der Waals surface area (Å²) >= 11 is 0. The fraction of sp³-hybridized carbons (Fsp3) is 0.545. The SMILES string of the molecule is Cc1nc2ncc(CN3CCNCC3)cn2n1. The van der Waals surface area contributed by atoms with Crippen molar-refractivity contribution < 1.29 is 0 Å². The van der Waals surface area contributed by atoms with Gasteiger partial charge in [0.1, 0.15) is 5.82 Å². The van der Waals surface area contributed by atoms with E-state index in [-0.39, 0.29) is 0 Å². The van der Waals surface area contributed by atoms with Gasteiger partial charge in [-0.1, -0.05) is 0 Å². The number of aryl methyl sites for hydroxylation is 1. The van der Waals surface area contributed by atoms with Crippen molar-refractivity contribution in [3.8, 4) is 0 Å². The molecule has 0 radical (unpaired) electrons. The molecule has 0 spiro atoms. The molecule has 17 heavy (non-hydrogen) atoms. The van der Waals surface area contributed by atoms with E-state index in [1.54, 1.807) is 4.52 Å². The zero-order valence-electron chi connectivity index (χ0n) is 9.93. The van der Waals surface area contributed by atoms with E-state index < -0.39 is 0 Å². The molecule has 2 aromatic heterocycles. The molecule has 0 amide bonds. The van der Waals surface area contributed by atoms with Gasteiger partial charge in [0.2, 0.25) is 0 Å². The van der Waals surface area contributed by atoms with E-state index in [1.165, 1.54) is 5.56 Å². The van der Waals surface area contributed by atoms with Gasteiger partial charge in [0, 0.05) is 50.7 Å². The van der Waals surface area contributed by atoms with Crippen molar-refractivity contribution in [1.29, 1.82) is 0 Å². The van der Waals surface area contributed by atoms with Gasteiger partial charge in [0.25, 0.3) is 5.78 Å². The van der Waals surface area contributed by atoms with Crippen LogP contribution in [0.15, 0.2) is 12.4 Å². The third-order valence-corrected chi connectivity index (χ3v) is 2.97. The highest BCUT2D eigenvalue weighted by Crippen LogP contribution is 2.05. The summed E-state index contributed by atoms with van der Waals surface area (Å²) in [5.74, 6) is 1.43. The topological polar surface area (TPSA) is 58.4 Å². The quantitative estimate of drug-likeness (QED) is 0.779. The number of aromatic nitrogens is 4.